The molecular formula is C21H23ClN6O4S. The summed E-state index contributed by atoms with van der Waals surface area (Å²) in [5.74, 6) is 0.172. The van der Waals surface area contributed by atoms with Crippen molar-refractivity contribution in [3.63, 3.8) is 0 Å². The Hall–Kier alpha value is -2.86. The lowest BCUT2D eigenvalue weighted by Gasteiger charge is -2.15. The summed E-state index contributed by atoms with van der Waals surface area (Å²) in [4.78, 5) is 21.4. The van der Waals surface area contributed by atoms with Gasteiger partial charge in [0.1, 0.15) is 17.8 Å². The minimum atomic E-state index is -3.96. The molecule has 12 heteroatoms. The number of nitrogens with two attached hydrogens (primary N) is 1. The van der Waals surface area contributed by atoms with Gasteiger partial charge in [0.2, 0.25) is 5.78 Å². The van der Waals surface area contributed by atoms with Gasteiger partial charge in [-0.1, -0.05) is 23.7 Å². The Morgan fingerprint density at radius 2 is 2.03 bits per heavy atom. The lowest BCUT2D eigenvalue weighted by atomic mass is 10.1. The molecular weight excluding hydrogens is 468 g/mol. The summed E-state index contributed by atoms with van der Waals surface area (Å²) in [5, 5.41) is 13.2. The molecule has 3 aromatic rings. The van der Waals surface area contributed by atoms with Crippen molar-refractivity contribution in [3.8, 4) is 0 Å². The van der Waals surface area contributed by atoms with E-state index in [1.54, 1.807) is 29.1 Å². The van der Waals surface area contributed by atoms with Crippen molar-refractivity contribution < 1.29 is 17.4 Å². The van der Waals surface area contributed by atoms with E-state index in [0.717, 1.165) is 18.4 Å². The topological polar surface area (TPSA) is 142 Å². The average Bonchev–Trinajstić information content (AvgIpc) is 3.43. The van der Waals surface area contributed by atoms with Crippen molar-refractivity contribution in [2.75, 3.05) is 11.9 Å². The first kappa shape index (κ1) is 23.3. The third-order valence-electron chi connectivity index (χ3n) is 5.44. The largest absolute Gasteiger partial charge is 0.367 e. The molecule has 0 saturated heterocycles. The van der Waals surface area contributed by atoms with Crippen LogP contribution in [0, 0.1) is 5.92 Å². The van der Waals surface area contributed by atoms with Gasteiger partial charge in [0.15, 0.2) is 0 Å². The summed E-state index contributed by atoms with van der Waals surface area (Å²) in [6.45, 7) is 0.544. The van der Waals surface area contributed by atoms with Crippen molar-refractivity contribution >= 4 is 33.5 Å². The normalized spacial score (nSPS) is 18.4. The van der Waals surface area contributed by atoms with Crippen LogP contribution in [-0.4, -0.2) is 46.6 Å². The first-order chi connectivity index (χ1) is 15.8. The van der Waals surface area contributed by atoms with Crippen LogP contribution in [0.3, 0.4) is 0 Å². The molecule has 1 fully saturated rings. The fraction of sp³-hybridized carbons (Fsp3) is 0.333. The van der Waals surface area contributed by atoms with E-state index in [4.69, 9.17) is 20.9 Å². The number of carbonyl (C=O) groups is 1. The minimum absolute atomic E-state index is 0.0167. The predicted octanol–water partition coefficient (Wildman–Crippen LogP) is 2.41. The van der Waals surface area contributed by atoms with Gasteiger partial charge >= 0.3 is 10.3 Å². The van der Waals surface area contributed by atoms with Crippen LogP contribution in [0.4, 0.5) is 5.82 Å². The highest BCUT2D eigenvalue weighted by Crippen LogP contribution is 2.29. The molecule has 2 aromatic heterocycles. The van der Waals surface area contributed by atoms with Gasteiger partial charge in [-0.05, 0) is 48.9 Å². The highest BCUT2D eigenvalue weighted by Gasteiger charge is 2.28. The molecule has 1 aliphatic rings. The van der Waals surface area contributed by atoms with E-state index in [0.29, 0.717) is 29.4 Å². The molecule has 2 atom stereocenters. The summed E-state index contributed by atoms with van der Waals surface area (Å²) in [5.41, 5.74) is 1.61. The van der Waals surface area contributed by atoms with Crippen LogP contribution in [0.15, 0.2) is 49.1 Å². The first-order valence-electron chi connectivity index (χ1n) is 10.3. The number of carbonyl (C=O) groups excluding carboxylic acids is 1. The number of hydrogen-bond acceptors (Lipinski definition) is 8. The number of hydrogen-bond donors (Lipinski definition) is 2. The zero-order valence-corrected chi connectivity index (χ0v) is 19.2. The van der Waals surface area contributed by atoms with Crippen LogP contribution in [0.1, 0.15) is 40.9 Å². The van der Waals surface area contributed by atoms with Crippen molar-refractivity contribution in [1.82, 2.24) is 19.7 Å². The van der Waals surface area contributed by atoms with E-state index in [1.807, 2.05) is 12.1 Å². The minimum Gasteiger partial charge on any atom is -0.367 e. The zero-order valence-electron chi connectivity index (χ0n) is 17.6. The molecule has 3 N–H and O–H groups in total. The standard InChI is InChI=1S/C21H23ClN6O4S/c22-16-4-1-14(2-5-16)11-28-8-7-19(27-28)20(29)18-10-24-13-25-21(18)26-17-6-3-15(9-17)12-32-33(23,30)31/h1-2,4-5,7-8,10,13,15,17H,3,6,9,11-12H2,(H2,23,30,31)(H,24,25,26). The predicted molar refractivity (Wildman–Crippen MR) is 122 cm³/mol. The number of aromatic nitrogens is 4. The number of anilines is 1. The van der Waals surface area contributed by atoms with E-state index >= 15 is 0 Å². The van der Waals surface area contributed by atoms with E-state index < -0.39 is 10.3 Å². The van der Waals surface area contributed by atoms with Crippen LogP contribution < -0.4 is 10.5 Å². The number of nitrogens with zero attached hydrogens (tertiary/aromatic N) is 4. The molecule has 0 amide bonds. The Kier molecular flexibility index (Phi) is 7.03. The molecule has 1 aliphatic carbocycles. The SMILES string of the molecule is NS(=O)(=O)OCC1CCC(Nc2ncncc2C(=O)c2ccn(Cc3ccc(Cl)cc3)n2)C1. The first-order valence-corrected chi connectivity index (χ1v) is 12.2. The fourth-order valence-electron chi connectivity index (χ4n) is 3.84. The Morgan fingerprint density at radius 3 is 2.79 bits per heavy atom. The lowest BCUT2D eigenvalue weighted by Crippen LogP contribution is -2.22. The number of halogens is 1. The van der Waals surface area contributed by atoms with E-state index in [-0.39, 0.29) is 30.0 Å². The molecule has 0 bridgehead atoms. The molecule has 4 rings (SSSR count). The molecule has 33 heavy (non-hydrogen) atoms. The number of rotatable bonds is 9. The maximum Gasteiger partial charge on any atom is 0.333 e. The zero-order chi connectivity index (χ0) is 23.4. The second-order valence-corrected chi connectivity index (χ2v) is 9.59. The van der Waals surface area contributed by atoms with Gasteiger partial charge in [-0.3, -0.25) is 13.7 Å². The van der Waals surface area contributed by atoms with Crippen LogP contribution in [0.2, 0.25) is 5.02 Å². The second-order valence-electron chi connectivity index (χ2n) is 7.94. The van der Waals surface area contributed by atoms with Gasteiger partial charge < -0.3 is 5.32 Å². The Morgan fingerprint density at radius 1 is 1.24 bits per heavy atom. The van der Waals surface area contributed by atoms with Gasteiger partial charge in [-0.25, -0.2) is 15.1 Å². The number of nitrogens with one attached hydrogen (secondary N) is 1. The smallest absolute Gasteiger partial charge is 0.333 e. The van der Waals surface area contributed by atoms with Gasteiger partial charge in [-0.15, -0.1) is 0 Å². The number of ketones is 1. The van der Waals surface area contributed by atoms with Crippen LogP contribution >= 0.6 is 11.6 Å². The monoisotopic (exact) mass is 490 g/mol. The summed E-state index contributed by atoms with van der Waals surface area (Å²) in [6, 6.07) is 9.09. The summed E-state index contributed by atoms with van der Waals surface area (Å²) >= 11 is 5.93. The molecule has 0 aliphatic heterocycles. The molecule has 2 unspecified atom stereocenters. The summed E-state index contributed by atoms with van der Waals surface area (Å²) in [6.07, 6.45) is 6.80. The lowest BCUT2D eigenvalue weighted by molar-refractivity contribution is 0.103. The molecule has 1 aromatic carbocycles. The van der Waals surface area contributed by atoms with Crippen molar-refractivity contribution in [3.05, 3.63) is 70.9 Å². The average molecular weight is 491 g/mol. The Balaban J connectivity index is 1.42. The van der Waals surface area contributed by atoms with E-state index in [2.05, 4.69) is 20.4 Å². The Bertz CT molecular complexity index is 1230. The van der Waals surface area contributed by atoms with E-state index in [1.165, 1.54) is 12.5 Å². The van der Waals surface area contributed by atoms with Crippen molar-refractivity contribution in [2.45, 2.75) is 31.8 Å². The van der Waals surface area contributed by atoms with Crippen LogP contribution in [0.5, 0.6) is 0 Å². The summed E-state index contributed by atoms with van der Waals surface area (Å²) < 4.78 is 28.4. The van der Waals surface area contributed by atoms with Gasteiger partial charge in [-0.2, -0.15) is 13.5 Å². The third kappa shape index (κ3) is 6.35. The third-order valence-corrected chi connectivity index (χ3v) is 6.15. The molecule has 1 saturated carbocycles. The highest BCUT2D eigenvalue weighted by molar-refractivity contribution is 7.84. The molecule has 2 heterocycles. The fourth-order valence-corrected chi connectivity index (χ4v) is 4.35. The second kappa shape index (κ2) is 9.96. The van der Waals surface area contributed by atoms with Crippen LogP contribution in [0.25, 0.3) is 0 Å². The van der Waals surface area contributed by atoms with E-state index in [9.17, 15) is 13.2 Å². The quantitative estimate of drug-likeness (QED) is 0.435. The van der Waals surface area contributed by atoms with Gasteiger partial charge in [0, 0.05) is 23.5 Å². The van der Waals surface area contributed by atoms with Gasteiger partial charge in [0.25, 0.3) is 0 Å². The maximum absolute atomic E-state index is 13.1. The van der Waals surface area contributed by atoms with Crippen molar-refractivity contribution in [1.29, 1.82) is 0 Å². The maximum atomic E-state index is 13.1. The summed E-state index contributed by atoms with van der Waals surface area (Å²) in [7, 11) is -3.96. The highest BCUT2D eigenvalue weighted by atomic mass is 35.5. The number of benzene rings is 1. The molecule has 0 spiro atoms. The molecule has 10 nitrogen and oxygen atoms in total. The van der Waals surface area contributed by atoms with Crippen molar-refractivity contribution in [2.24, 2.45) is 11.1 Å². The Labute approximate surface area is 196 Å². The molecule has 0 radical (unpaired) electrons. The van der Waals surface area contributed by atoms with Gasteiger partial charge in [0.05, 0.1) is 18.7 Å². The van der Waals surface area contributed by atoms with Crippen LogP contribution in [-0.2, 0) is 21.0 Å². The molecule has 174 valence electrons.